The molecule has 1 atom stereocenters. The highest BCUT2D eigenvalue weighted by molar-refractivity contribution is 7.98. The van der Waals surface area contributed by atoms with E-state index in [2.05, 4.69) is 23.4 Å². The van der Waals surface area contributed by atoms with Crippen LogP contribution in [0.25, 0.3) is 0 Å². The van der Waals surface area contributed by atoms with Crippen LogP contribution in [0, 0.1) is 0 Å². The number of thioether (sulfide) groups is 1. The fourth-order valence-corrected chi connectivity index (χ4v) is 3.95. The maximum absolute atomic E-state index is 13.0. The first-order valence-electron chi connectivity index (χ1n) is 8.38. The highest BCUT2D eigenvalue weighted by Gasteiger charge is 2.47. The van der Waals surface area contributed by atoms with Crippen molar-refractivity contribution in [2.75, 3.05) is 31.4 Å². The Hall–Kier alpha value is -2.18. The molecule has 0 saturated carbocycles. The fourth-order valence-electron chi connectivity index (χ4n) is 3.55. The summed E-state index contributed by atoms with van der Waals surface area (Å²) in [5, 5.41) is 4.05. The number of methoxy groups -OCH3 is 1. The van der Waals surface area contributed by atoms with E-state index in [9.17, 15) is 4.79 Å². The number of rotatable bonds is 4. The van der Waals surface area contributed by atoms with Gasteiger partial charge >= 0.3 is 6.03 Å². The summed E-state index contributed by atoms with van der Waals surface area (Å²) < 4.78 is 5.27. The largest absolute Gasteiger partial charge is 0.497 e. The second-order valence-corrected chi connectivity index (χ2v) is 7.02. The molecule has 0 aromatic heterocycles. The Morgan fingerprint density at radius 2 is 1.76 bits per heavy atom. The number of anilines is 1. The molecule has 2 heterocycles. The van der Waals surface area contributed by atoms with Gasteiger partial charge in [-0.15, -0.1) is 11.8 Å². The van der Waals surface area contributed by atoms with Gasteiger partial charge in [0.2, 0.25) is 0 Å². The highest BCUT2D eigenvalue weighted by atomic mass is 32.2. The maximum Gasteiger partial charge on any atom is 0.340 e. The molecule has 6 heteroatoms. The van der Waals surface area contributed by atoms with Gasteiger partial charge in [-0.25, -0.2) is 4.79 Å². The van der Waals surface area contributed by atoms with Crippen LogP contribution in [0.1, 0.15) is 18.2 Å². The standard InChI is InChI=1S/C19H21N3O2S/c1-24-16-8-4-14(5-9-16)18-20-12-3-13-21(20)19(23)22(18)15-6-10-17(25-2)11-7-15/h4-11,18H,3,12-13H2,1-2H3. The molecule has 2 aromatic rings. The zero-order valence-electron chi connectivity index (χ0n) is 14.4. The number of amides is 2. The van der Waals surface area contributed by atoms with Gasteiger partial charge in [0.25, 0.3) is 0 Å². The van der Waals surface area contributed by atoms with Crippen LogP contribution in [-0.4, -0.2) is 42.5 Å². The Balaban J connectivity index is 1.74. The van der Waals surface area contributed by atoms with E-state index in [-0.39, 0.29) is 12.2 Å². The molecule has 2 aliphatic rings. The second kappa shape index (κ2) is 6.61. The summed E-state index contributed by atoms with van der Waals surface area (Å²) in [5.74, 6) is 0.822. The van der Waals surface area contributed by atoms with E-state index in [1.165, 1.54) is 4.90 Å². The molecule has 1 unspecified atom stereocenters. The Kier molecular flexibility index (Phi) is 4.31. The van der Waals surface area contributed by atoms with Crippen molar-refractivity contribution in [3.05, 3.63) is 54.1 Å². The Morgan fingerprint density at radius 3 is 2.40 bits per heavy atom. The monoisotopic (exact) mass is 355 g/mol. The minimum atomic E-state index is -0.110. The van der Waals surface area contributed by atoms with E-state index in [1.807, 2.05) is 46.3 Å². The molecule has 2 saturated heterocycles. The van der Waals surface area contributed by atoms with Crippen LogP contribution in [0.3, 0.4) is 0 Å². The molecule has 2 amide bonds. The number of urea groups is 1. The zero-order valence-corrected chi connectivity index (χ0v) is 15.2. The first kappa shape index (κ1) is 16.3. The normalized spacial score (nSPS) is 20.2. The minimum absolute atomic E-state index is 0.0511. The van der Waals surface area contributed by atoms with Crippen molar-refractivity contribution < 1.29 is 9.53 Å². The third-order valence-electron chi connectivity index (χ3n) is 4.79. The number of ether oxygens (including phenoxy) is 1. The van der Waals surface area contributed by atoms with Gasteiger partial charge in [0.1, 0.15) is 11.9 Å². The average Bonchev–Trinajstić information content (AvgIpc) is 3.24. The number of fused-ring (bicyclic) bond motifs is 1. The van der Waals surface area contributed by atoms with Gasteiger partial charge < -0.3 is 4.74 Å². The van der Waals surface area contributed by atoms with Crippen molar-refractivity contribution in [1.82, 2.24) is 10.0 Å². The molecule has 0 N–H and O–H groups in total. The van der Waals surface area contributed by atoms with Gasteiger partial charge in [-0.2, -0.15) is 5.01 Å². The fraction of sp³-hybridized carbons (Fsp3) is 0.316. The number of hydrogen-bond donors (Lipinski definition) is 0. The number of carbonyl (C=O) groups is 1. The van der Waals surface area contributed by atoms with Crippen LogP contribution in [0.15, 0.2) is 53.4 Å². The van der Waals surface area contributed by atoms with Crippen LogP contribution in [-0.2, 0) is 0 Å². The molecule has 0 spiro atoms. The Bertz CT molecular complexity index is 763. The average molecular weight is 355 g/mol. The number of hydrogen-bond acceptors (Lipinski definition) is 4. The molecule has 4 rings (SSSR count). The van der Waals surface area contributed by atoms with Gasteiger partial charge in [0.05, 0.1) is 7.11 Å². The quantitative estimate of drug-likeness (QED) is 0.777. The summed E-state index contributed by atoms with van der Waals surface area (Å²) >= 11 is 1.70. The smallest absolute Gasteiger partial charge is 0.340 e. The molecule has 25 heavy (non-hydrogen) atoms. The molecule has 0 radical (unpaired) electrons. The van der Waals surface area contributed by atoms with Crippen molar-refractivity contribution in [1.29, 1.82) is 0 Å². The van der Waals surface area contributed by atoms with Crippen LogP contribution in [0.5, 0.6) is 5.75 Å². The first-order valence-corrected chi connectivity index (χ1v) is 9.60. The number of nitrogens with zero attached hydrogens (tertiary/aromatic N) is 3. The second-order valence-electron chi connectivity index (χ2n) is 6.14. The Labute approximate surface area is 152 Å². The number of benzene rings is 2. The van der Waals surface area contributed by atoms with E-state index < -0.39 is 0 Å². The third kappa shape index (κ3) is 2.75. The molecule has 5 nitrogen and oxygen atoms in total. The summed E-state index contributed by atoms with van der Waals surface area (Å²) in [4.78, 5) is 16.1. The minimum Gasteiger partial charge on any atom is -0.497 e. The number of carbonyl (C=O) groups excluding carboxylic acids is 1. The van der Waals surface area contributed by atoms with Gasteiger partial charge in [-0.3, -0.25) is 9.91 Å². The summed E-state index contributed by atoms with van der Waals surface area (Å²) in [6.07, 6.45) is 2.95. The zero-order chi connectivity index (χ0) is 17.4. The lowest BCUT2D eigenvalue weighted by Crippen LogP contribution is -2.32. The molecule has 0 aliphatic carbocycles. The summed E-state index contributed by atoms with van der Waals surface area (Å²) in [7, 11) is 1.66. The topological polar surface area (TPSA) is 36.0 Å². The predicted octanol–water partition coefficient (Wildman–Crippen LogP) is 3.98. The molecule has 0 bridgehead atoms. The molecular weight excluding hydrogens is 334 g/mol. The lowest BCUT2D eigenvalue weighted by atomic mass is 10.1. The molecule has 2 aromatic carbocycles. The molecule has 2 aliphatic heterocycles. The van der Waals surface area contributed by atoms with Crippen molar-refractivity contribution >= 4 is 23.5 Å². The third-order valence-corrected chi connectivity index (χ3v) is 5.53. The molecule has 2 fully saturated rings. The van der Waals surface area contributed by atoms with E-state index in [0.717, 1.165) is 36.5 Å². The van der Waals surface area contributed by atoms with Crippen molar-refractivity contribution in [2.24, 2.45) is 0 Å². The molecule has 130 valence electrons. The van der Waals surface area contributed by atoms with Crippen LogP contribution >= 0.6 is 11.8 Å². The summed E-state index contributed by atoms with van der Waals surface area (Å²) in [5.41, 5.74) is 2.02. The van der Waals surface area contributed by atoms with Gasteiger partial charge in [0, 0.05) is 23.7 Å². The van der Waals surface area contributed by atoms with Crippen LogP contribution in [0.4, 0.5) is 10.5 Å². The lowest BCUT2D eigenvalue weighted by Gasteiger charge is -2.28. The van der Waals surface area contributed by atoms with Crippen LogP contribution in [0.2, 0.25) is 0 Å². The maximum atomic E-state index is 13.0. The van der Waals surface area contributed by atoms with E-state index in [4.69, 9.17) is 4.74 Å². The SMILES string of the molecule is COc1ccc(C2N(c3ccc(SC)cc3)C(=O)N3CCCN23)cc1. The van der Waals surface area contributed by atoms with Crippen molar-refractivity contribution in [3.63, 3.8) is 0 Å². The number of hydrazine groups is 1. The van der Waals surface area contributed by atoms with Crippen LogP contribution < -0.4 is 9.64 Å². The van der Waals surface area contributed by atoms with Crippen molar-refractivity contribution in [3.8, 4) is 5.75 Å². The summed E-state index contributed by atoms with van der Waals surface area (Å²) in [6, 6.07) is 16.2. The lowest BCUT2D eigenvalue weighted by molar-refractivity contribution is 0.0727. The first-order chi connectivity index (χ1) is 12.2. The molecular formula is C19H21N3O2S. The summed E-state index contributed by atoms with van der Waals surface area (Å²) in [6.45, 7) is 1.67. The van der Waals surface area contributed by atoms with E-state index in [1.54, 1.807) is 18.9 Å². The Morgan fingerprint density at radius 1 is 1.04 bits per heavy atom. The van der Waals surface area contributed by atoms with Gasteiger partial charge in [-0.1, -0.05) is 12.1 Å². The van der Waals surface area contributed by atoms with E-state index >= 15 is 0 Å². The predicted molar refractivity (Wildman–Crippen MR) is 99.9 cm³/mol. The van der Waals surface area contributed by atoms with Gasteiger partial charge in [-0.05, 0) is 54.6 Å². The van der Waals surface area contributed by atoms with Gasteiger partial charge in [0.15, 0.2) is 0 Å². The van der Waals surface area contributed by atoms with E-state index in [0.29, 0.717) is 0 Å². The highest BCUT2D eigenvalue weighted by Crippen LogP contribution is 2.40. The van der Waals surface area contributed by atoms with Crippen molar-refractivity contribution in [2.45, 2.75) is 17.5 Å².